The van der Waals surface area contributed by atoms with Gasteiger partial charge in [0.25, 0.3) is 5.60 Å². The van der Waals surface area contributed by atoms with Crippen molar-refractivity contribution < 1.29 is 34.1 Å². The highest BCUT2D eigenvalue weighted by molar-refractivity contribution is 6.02. The highest BCUT2D eigenvalue weighted by atomic mass is 16.6. The van der Waals surface area contributed by atoms with Crippen molar-refractivity contribution in [2.45, 2.75) is 45.3 Å². The molecule has 8 nitrogen and oxygen atoms in total. The van der Waals surface area contributed by atoms with E-state index in [-0.39, 0.29) is 13.0 Å². The van der Waals surface area contributed by atoms with E-state index in [4.69, 9.17) is 9.47 Å². The maximum Gasteiger partial charge on any atom is 0.411 e. The molecule has 0 aliphatic rings. The Kier molecular flexibility index (Phi) is 6.52. The van der Waals surface area contributed by atoms with Crippen molar-refractivity contribution in [3.8, 4) is 0 Å². The van der Waals surface area contributed by atoms with Gasteiger partial charge in [-0.05, 0) is 45.4 Å². The Morgan fingerprint density at radius 1 is 1.04 bits per heavy atom. The van der Waals surface area contributed by atoms with E-state index in [0.717, 1.165) is 0 Å². The molecular formula is C17H23NO7. The summed E-state index contributed by atoms with van der Waals surface area (Å²) in [6, 6.07) is 6.10. The van der Waals surface area contributed by atoms with Gasteiger partial charge in [0.2, 0.25) is 0 Å². The van der Waals surface area contributed by atoms with Gasteiger partial charge in [-0.15, -0.1) is 0 Å². The smallest absolute Gasteiger partial charge is 0.411 e. The van der Waals surface area contributed by atoms with E-state index < -0.39 is 29.2 Å². The Balaban J connectivity index is 3.03. The number of hydrogen-bond donors (Lipinski definition) is 3. The lowest BCUT2D eigenvalue weighted by Gasteiger charge is -2.33. The number of amides is 1. The molecule has 0 atom stereocenters. The molecule has 8 heteroatoms. The normalized spacial score (nSPS) is 11.7. The molecule has 0 aliphatic heterocycles. The number of carboxylic acid groups (broad SMARTS) is 2. The van der Waals surface area contributed by atoms with Crippen LogP contribution >= 0.6 is 0 Å². The third-order valence-corrected chi connectivity index (χ3v) is 3.10. The summed E-state index contributed by atoms with van der Waals surface area (Å²) in [5.41, 5.74) is -2.50. The fourth-order valence-corrected chi connectivity index (χ4v) is 2.17. The summed E-state index contributed by atoms with van der Waals surface area (Å²) in [4.78, 5) is 34.7. The number of rotatable bonds is 7. The second-order valence-electron chi connectivity index (χ2n) is 6.37. The monoisotopic (exact) mass is 353 g/mol. The van der Waals surface area contributed by atoms with Crippen molar-refractivity contribution in [3.05, 3.63) is 29.8 Å². The van der Waals surface area contributed by atoms with E-state index in [2.05, 4.69) is 5.32 Å². The number of ether oxygens (including phenoxy) is 2. The molecule has 0 aromatic heterocycles. The lowest BCUT2D eigenvalue weighted by molar-refractivity contribution is -0.199. The van der Waals surface area contributed by atoms with Gasteiger partial charge in [0.1, 0.15) is 0 Å². The van der Waals surface area contributed by atoms with Crippen LogP contribution in [-0.2, 0) is 25.5 Å². The Labute approximate surface area is 145 Å². The summed E-state index contributed by atoms with van der Waals surface area (Å²) in [6.45, 7) is 6.66. The fraction of sp³-hybridized carbons (Fsp3) is 0.471. The van der Waals surface area contributed by atoms with Gasteiger partial charge in [-0.3, -0.25) is 5.32 Å². The van der Waals surface area contributed by atoms with Crippen LogP contribution in [0.15, 0.2) is 24.3 Å². The number of benzene rings is 1. The van der Waals surface area contributed by atoms with E-state index in [9.17, 15) is 24.6 Å². The Hall–Kier alpha value is -2.61. The quantitative estimate of drug-likeness (QED) is 0.644. The molecule has 0 heterocycles. The van der Waals surface area contributed by atoms with Crippen molar-refractivity contribution in [3.63, 3.8) is 0 Å². The van der Waals surface area contributed by atoms with Gasteiger partial charge >= 0.3 is 18.0 Å². The minimum atomic E-state index is -2.41. The van der Waals surface area contributed by atoms with E-state index >= 15 is 0 Å². The minimum Gasteiger partial charge on any atom is -0.479 e. The molecule has 0 aliphatic carbocycles. The first-order chi connectivity index (χ1) is 11.5. The Morgan fingerprint density at radius 2 is 1.56 bits per heavy atom. The van der Waals surface area contributed by atoms with Gasteiger partial charge in [-0.25, -0.2) is 14.4 Å². The van der Waals surface area contributed by atoms with Gasteiger partial charge in [0.05, 0.1) is 12.2 Å². The number of carbonyl (C=O) groups excluding carboxylic acids is 1. The van der Waals surface area contributed by atoms with Gasteiger partial charge in [-0.2, -0.15) is 0 Å². The molecule has 0 radical (unpaired) electrons. The highest BCUT2D eigenvalue weighted by Gasteiger charge is 2.50. The van der Waals surface area contributed by atoms with Crippen molar-refractivity contribution in [2.24, 2.45) is 0 Å². The molecule has 0 saturated carbocycles. The first kappa shape index (κ1) is 20.4. The average molecular weight is 353 g/mol. The fourth-order valence-electron chi connectivity index (χ4n) is 2.17. The van der Waals surface area contributed by atoms with Crippen LogP contribution in [0.1, 0.15) is 33.3 Å². The van der Waals surface area contributed by atoms with E-state index in [0.29, 0.717) is 11.3 Å². The zero-order valence-corrected chi connectivity index (χ0v) is 14.7. The molecule has 1 aromatic rings. The van der Waals surface area contributed by atoms with E-state index in [1.165, 1.54) is 24.3 Å². The van der Waals surface area contributed by atoms with Gasteiger partial charge < -0.3 is 19.7 Å². The van der Waals surface area contributed by atoms with Gasteiger partial charge in [0, 0.05) is 12.1 Å². The molecule has 1 aromatic carbocycles. The van der Waals surface area contributed by atoms with Crippen LogP contribution in [0.25, 0.3) is 0 Å². The van der Waals surface area contributed by atoms with Crippen molar-refractivity contribution in [1.29, 1.82) is 0 Å². The first-order valence-electron chi connectivity index (χ1n) is 7.70. The van der Waals surface area contributed by atoms with Crippen molar-refractivity contribution >= 4 is 23.7 Å². The Morgan fingerprint density at radius 3 is 1.96 bits per heavy atom. The molecule has 0 bridgehead atoms. The molecule has 1 amide bonds. The standard InChI is InChI=1S/C17H23NO7/c1-5-24-15(23)18-12-8-6-11(7-9-12)10-17(13(19)20,14(21)22)25-16(2,3)4/h6-9H,5,10H2,1-4H3,(H,18,23)(H,19,20)(H,21,22). The van der Waals surface area contributed by atoms with Crippen molar-refractivity contribution in [2.75, 3.05) is 11.9 Å². The summed E-state index contributed by atoms with van der Waals surface area (Å²) in [6.07, 6.45) is -0.981. The van der Waals surface area contributed by atoms with Crippen LogP contribution in [0.3, 0.4) is 0 Å². The van der Waals surface area contributed by atoms with E-state index in [1.807, 2.05) is 0 Å². The molecule has 3 N–H and O–H groups in total. The third-order valence-electron chi connectivity index (χ3n) is 3.10. The van der Waals surface area contributed by atoms with Gasteiger partial charge in [-0.1, -0.05) is 12.1 Å². The maximum absolute atomic E-state index is 11.6. The molecule has 0 unspecified atom stereocenters. The first-order valence-corrected chi connectivity index (χ1v) is 7.70. The number of anilines is 1. The second-order valence-corrected chi connectivity index (χ2v) is 6.37. The lowest BCUT2D eigenvalue weighted by atomic mass is 9.93. The van der Waals surface area contributed by atoms with Crippen LogP contribution in [0.2, 0.25) is 0 Å². The number of aliphatic carboxylic acids is 2. The predicted octanol–water partition coefficient (Wildman–Crippen LogP) is 2.52. The van der Waals surface area contributed by atoms with Crippen LogP contribution in [-0.4, -0.2) is 46.1 Å². The third kappa shape index (κ3) is 5.75. The van der Waals surface area contributed by atoms with Crippen molar-refractivity contribution in [1.82, 2.24) is 0 Å². The summed E-state index contributed by atoms with van der Waals surface area (Å²) in [5.74, 6) is -3.16. The second kappa shape index (κ2) is 7.98. The predicted molar refractivity (Wildman–Crippen MR) is 89.6 cm³/mol. The molecule has 25 heavy (non-hydrogen) atoms. The number of carbonyl (C=O) groups is 3. The number of hydrogen-bond acceptors (Lipinski definition) is 5. The number of carboxylic acids is 2. The minimum absolute atomic E-state index is 0.230. The zero-order valence-electron chi connectivity index (χ0n) is 14.7. The zero-order chi connectivity index (χ0) is 19.3. The van der Waals surface area contributed by atoms with Crippen LogP contribution in [0, 0.1) is 0 Å². The average Bonchev–Trinajstić information content (AvgIpc) is 2.46. The maximum atomic E-state index is 11.6. The lowest BCUT2D eigenvalue weighted by Crippen LogP contribution is -2.54. The Bertz CT molecular complexity index is 617. The topological polar surface area (TPSA) is 122 Å². The van der Waals surface area contributed by atoms with Gasteiger partial charge in [0.15, 0.2) is 0 Å². The van der Waals surface area contributed by atoms with Crippen LogP contribution in [0.5, 0.6) is 0 Å². The largest absolute Gasteiger partial charge is 0.479 e. The van der Waals surface area contributed by atoms with Crippen LogP contribution < -0.4 is 5.32 Å². The summed E-state index contributed by atoms with van der Waals surface area (Å²) >= 11 is 0. The molecule has 1 rings (SSSR count). The highest BCUT2D eigenvalue weighted by Crippen LogP contribution is 2.26. The summed E-state index contributed by atoms with van der Waals surface area (Å²) < 4.78 is 10.1. The molecule has 0 fully saturated rings. The van der Waals surface area contributed by atoms with Crippen LogP contribution in [0.4, 0.5) is 10.5 Å². The number of nitrogens with one attached hydrogen (secondary N) is 1. The summed E-state index contributed by atoms with van der Waals surface area (Å²) in [7, 11) is 0. The molecule has 0 spiro atoms. The molecular weight excluding hydrogens is 330 g/mol. The summed E-state index contributed by atoms with van der Waals surface area (Å²) in [5, 5.41) is 21.4. The SMILES string of the molecule is CCOC(=O)Nc1ccc(CC(OC(C)(C)C)(C(=O)O)C(=O)O)cc1. The molecule has 0 saturated heterocycles. The van der Waals surface area contributed by atoms with E-state index in [1.54, 1.807) is 27.7 Å². The molecule has 138 valence electrons.